The van der Waals surface area contributed by atoms with Crippen LogP contribution in [0.25, 0.3) is 0 Å². The maximum atomic E-state index is 12.0. The molecule has 0 spiro atoms. The number of benzene rings is 1. The summed E-state index contributed by atoms with van der Waals surface area (Å²) in [6.45, 7) is 0.491. The summed E-state index contributed by atoms with van der Waals surface area (Å²) in [5.41, 5.74) is 8.09. The van der Waals surface area contributed by atoms with Gasteiger partial charge in [-0.3, -0.25) is 0 Å². The van der Waals surface area contributed by atoms with E-state index in [1.54, 1.807) is 18.3 Å². The number of fused-ring (bicyclic) bond motifs is 1. The zero-order valence-corrected chi connectivity index (χ0v) is 9.63. The molecule has 0 unspecified atom stereocenters. The summed E-state index contributed by atoms with van der Waals surface area (Å²) in [7, 11) is 0. The Morgan fingerprint density at radius 3 is 2.89 bits per heavy atom. The first-order valence-corrected chi connectivity index (χ1v) is 5.64. The molecule has 90 valence electrons. The maximum Gasteiger partial charge on any atom is 0.328 e. The van der Waals surface area contributed by atoms with E-state index < -0.39 is 0 Å². The van der Waals surface area contributed by atoms with Crippen molar-refractivity contribution in [1.29, 1.82) is 0 Å². The topological polar surface area (TPSA) is 71.2 Å². The molecule has 0 atom stereocenters. The molecule has 2 heterocycles. The van der Waals surface area contributed by atoms with Crippen LogP contribution in [0.4, 0.5) is 22.0 Å². The number of nitrogens with two attached hydrogens (primary N) is 1. The number of pyridine rings is 1. The van der Waals surface area contributed by atoms with Gasteiger partial charge in [0.1, 0.15) is 5.82 Å². The van der Waals surface area contributed by atoms with Gasteiger partial charge >= 0.3 is 6.03 Å². The number of anilines is 3. The Kier molecular flexibility index (Phi) is 2.37. The van der Waals surface area contributed by atoms with E-state index >= 15 is 0 Å². The van der Waals surface area contributed by atoms with Gasteiger partial charge in [-0.1, -0.05) is 18.2 Å². The van der Waals surface area contributed by atoms with Crippen LogP contribution in [0.3, 0.4) is 0 Å². The Morgan fingerprint density at radius 1 is 1.22 bits per heavy atom. The summed E-state index contributed by atoms with van der Waals surface area (Å²) in [5, 5.41) is 2.81. The van der Waals surface area contributed by atoms with Gasteiger partial charge in [-0.05, 0) is 18.2 Å². The number of nitrogen functional groups attached to an aromatic ring is 1. The van der Waals surface area contributed by atoms with Crippen LogP contribution in [0.15, 0.2) is 42.6 Å². The molecule has 1 aromatic carbocycles. The Hall–Kier alpha value is -2.56. The zero-order chi connectivity index (χ0) is 12.5. The highest BCUT2D eigenvalue weighted by Gasteiger charge is 2.27. The minimum absolute atomic E-state index is 0.209. The monoisotopic (exact) mass is 240 g/mol. The molecule has 18 heavy (non-hydrogen) atoms. The third-order valence-electron chi connectivity index (χ3n) is 2.89. The van der Waals surface area contributed by atoms with Crippen LogP contribution >= 0.6 is 0 Å². The van der Waals surface area contributed by atoms with Crippen LogP contribution < -0.4 is 16.0 Å². The molecule has 1 aromatic heterocycles. The van der Waals surface area contributed by atoms with Gasteiger partial charge in [0.2, 0.25) is 0 Å². The molecule has 2 amide bonds. The van der Waals surface area contributed by atoms with Crippen LogP contribution in [0.5, 0.6) is 0 Å². The third-order valence-corrected chi connectivity index (χ3v) is 2.89. The number of nitrogens with one attached hydrogen (secondary N) is 1. The number of nitrogens with zero attached hydrogens (tertiary/aromatic N) is 2. The second kappa shape index (κ2) is 4.03. The Bertz CT molecular complexity index is 611. The number of aromatic nitrogens is 1. The van der Waals surface area contributed by atoms with Crippen LogP contribution in [0.2, 0.25) is 0 Å². The largest absolute Gasteiger partial charge is 0.397 e. The van der Waals surface area contributed by atoms with Crippen molar-refractivity contribution in [2.75, 3.05) is 10.6 Å². The predicted molar refractivity (Wildman–Crippen MR) is 69.5 cm³/mol. The van der Waals surface area contributed by atoms with Crippen molar-refractivity contribution in [1.82, 2.24) is 10.3 Å². The minimum atomic E-state index is -0.209. The first kappa shape index (κ1) is 10.6. The van der Waals surface area contributed by atoms with Crippen LogP contribution in [0, 0.1) is 0 Å². The summed E-state index contributed by atoms with van der Waals surface area (Å²) < 4.78 is 0. The van der Waals surface area contributed by atoms with E-state index in [0.717, 1.165) is 5.56 Å². The first-order valence-electron chi connectivity index (χ1n) is 5.64. The standard InChI is InChI=1S/C13H12N4O/c14-10-5-1-2-6-11(10)17-12-9(4-3-7-15-12)8-16-13(17)18/h1-7H,8,14H2,(H,16,18). The van der Waals surface area contributed by atoms with Gasteiger partial charge in [0.05, 0.1) is 11.4 Å². The van der Waals surface area contributed by atoms with Crippen molar-refractivity contribution in [2.45, 2.75) is 6.54 Å². The number of rotatable bonds is 1. The van der Waals surface area contributed by atoms with Crippen LogP contribution in [-0.2, 0) is 6.54 Å². The lowest BCUT2D eigenvalue weighted by atomic mass is 10.1. The van der Waals surface area contributed by atoms with E-state index in [0.29, 0.717) is 23.7 Å². The number of urea groups is 1. The van der Waals surface area contributed by atoms with Gasteiger partial charge in [0, 0.05) is 18.3 Å². The van der Waals surface area contributed by atoms with Crippen LogP contribution in [-0.4, -0.2) is 11.0 Å². The summed E-state index contributed by atoms with van der Waals surface area (Å²) in [4.78, 5) is 17.8. The van der Waals surface area contributed by atoms with E-state index in [1.807, 2.05) is 24.3 Å². The van der Waals surface area contributed by atoms with E-state index in [9.17, 15) is 4.79 Å². The normalized spacial score (nSPS) is 14.0. The molecule has 0 saturated carbocycles. The highest BCUT2D eigenvalue weighted by atomic mass is 16.2. The fourth-order valence-electron chi connectivity index (χ4n) is 2.03. The van der Waals surface area contributed by atoms with Crippen molar-refractivity contribution in [3.05, 3.63) is 48.2 Å². The zero-order valence-electron chi connectivity index (χ0n) is 9.63. The molecule has 0 radical (unpaired) electrons. The fourth-order valence-corrected chi connectivity index (χ4v) is 2.03. The van der Waals surface area contributed by atoms with E-state index in [2.05, 4.69) is 10.3 Å². The third kappa shape index (κ3) is 1.57. The quantitative estimate of drug-likeness (QED) is 0.749. The lowest BCUT2D eigenvalue weighted by Crippen LogP contribution is -2.42. The summed E-state index contributed by atoms with van der Waals surface area (Å²) >= 11 is 0. The number of hydrogen-bond donors (Lipinski definition) is 2. The highest BCUT2D eigenvalue weighted by molar-refractivity contribution is 6.03. The second-order valence-electron chi connectivity index (χ2n) is 4.04. The fraction of sp³-hybridized carbons (Fsp3) is 0.0769. The molecular weight excluding hydrogens is 228 g/mol. The summed E-state index contributed by atoms with van der Waals surface area (Å²) in [5.74, 6) is 0.638. The van der Waals surface area contributed by atoms with E-state index in [1.165, 1.54) is 4.90 Å². The Labute approximate surface area is 104 Å². The molecule has 0 aliphatic carbocycles. The number of para-hydroxylation sites is 2. The molecule has 0 saturated heterocycles. The molecule has 1 aliphatic heterocycles. The molecule has 3 rings (SSSR count). The van der Waals surface area contributed by atoms with Gasteiger partial charge in [-0.25, -0.2) is 14.7 Å². The van der Waals surface area contributed by atoms with Crippen molar-refractivity contribution in [3.8, 4) is 0 Å². The number of carbonyl (C=O) groups excluding carboxylic acids is 1. The highest BCUT2D eigenvalue weighted by Crippen LogP contribution is 2.32. The molecular formula is C13H12N4O. The number of amides is 2. The van der Waals surface area contributed by atoms with Gasteiger partial charge in [0.25, 0.3) is 0 Å². The summed E-state index contributed by atoms with van der Waals surface area (Å²) in [6, 6.07) is 10.8. The lowest BCUT2D eigenvalue weighted by molar-refractivity contribution is 0.247. The van der Waals surface area contributed by atoms with E-state index in [-0.39, 0.29) is 6.03 Å². The molecule has 0 bridgehead atoms. The minimum Gasteiger partial charge on any atom is -0.397 e. The Balaban J connectivity index is 2.17. The second-order valence-corrected chi connectivity index (χ2v) is 4.04. The van der Waals surface area contributed by atoms with E-state index in [4.69, 9.17) is 5.73 Å². The first-order chi connectivity index (χ1) is 8.77. The SMILES string of the molecule is Nc1ccccc1N1C(=O)NCc2cccnc21. The average Bonchev–Trinajstić information content (AvgIpc) is 2.40. The summed E-state index contributed by atoms with van der Waals surface area (Å²) in [6.07, 6.45) is 1.67. The molecule has 2 aromatic rings. The molecule has 0 fully saturated rings. The maximum absolute atomic E-state index is 12.0. The van der Waals surface area contributed by atoms with Gasteiger partial charge in [-0.15, -0.1) is 0 Å². The molecule has 5 heteroatoms. The smallest absolute Gasteiger partial charge is 0.328 e. The molecule has 3 N–H and O–H groups in total. The lowest BCUT2D eigenvalue weighted by Gasteiger charge is -2.29. The van der Waals surface area contributed by atoms with Crippen molar-refractivity contribution >= 4 is 23.2 Å². The van der Waals surface area contributed by atoms with Crippen molar-refractivity contribution in [2.24, 2.45) is 0 Å². The number of hydrogen-bond acceptors (Lipinski definition) is 3. The van der Waals surface area contributed by atoms with Gasteiger partial charge in [-0.2, -0.15) is 0 Å². The molecule has 5 nitrogen and oxygen atoms in total. The van der Waals surface area contributed by atoms with Gasteiger partial charge < -0.3 is 11.1 Å². The van der Waals surface area contributed by atoms with Crippen molar-refractivity contribution in [3.63, 3.8) is 0 Å². The van der Waals surface area contributed by atoms with Crippen LogP contribution in [0.1, 0.15) is 5.56 Å². The van der Waals surface area contributed by atoms with Crippen molar-refractivity contribution < 1.29 is 4.79 Å². The number of carbonyl (C=O) groups is 1. The van der Waals surface area contributed by atoms with Gasteiger partial charge in [0.15, 0.2) is 0 Å². The average molecular weight is 240 g/mol. The predicted octanol–water partition coefficient (Wildman–Crippen LogP) is 2.03. The molecule has 1 aliphatic rings. The Morgan fingerprint density at radius 2 is 2.06 bits per heavy atom.